The molecule has 38 heavy (non-hydrogen) atoms. The molecule has 4 rings (SSSR count). The third-order valence-electron chi connectivity index (χ3n) is 6.52. The Morgan fingerprint density at radius 1 is 0.868 bits per heavy atom. The van der Waals surface area contributed by atoms with Crippen molar-refractivity contribution in [3.63, 3.8) is 0 Å². The number of hydrogen-bond donors (Lipinski definition) is 1. The smallest absolute Gasteiger partial charge is 0.336 e. The SMILES string of the molecule is CCCCCCCCCC(=O)OCOc1ccc2c(-c3ccccc3C(=O)O)c3ccc(=O)cc-3oc2c1. The molecule has 1 N–H and O–H groups in total. The number of benzene rings is 3. The van der Waals surface area contributed by atoms with Gasteiger partial charge in [0.15, 0.2) is 5.43 Å². The normalized spacial score (nSPS) is 11.1. The van der Waals surface area contributed by atoms with Crippen LogP contribution in [0.25, 0.3) is 33.4 Å². The maximum Gasteiger partial charge on any atom is 0.336 e. The molecule has 1 aliphatic carbocycles. The van der Waals surface area contributed by atoms with Gasteiger partial charge in [0.2, 0.25) is 6.79 Å². The second-order valence-corrected chi connectivity index (χ2v) is 9.29. The summed E-state index contributed by atoms with van der Waals surface area (Å²) in [7, 11) is 0. The summed E-state index contributed by atoms with van der Waals surface area (Å²) in [4.78, 5) is 36.0. The molecule has 0 bridgehead atoms. The second kappa shape index (κ2) is 12.9. The predicted octanol–water partition coefficient (Wildman–Crippen LogP) is 7.28. The summed E-state index contributed by atoms with van der Waals surface area (Å²) in [5.74, 6) is -0.606. The molecule has 0 fully saturated rings. The van der Waals surface area contributed by atoms with Gasteiger partial charge in [0, 0.05) is 35.1 Å². The molecule has 7 nitrogen and oxygen atoms in total. The number of esters is 1. The first kappa shape index (κ1) is 26.9. The summed E-state index contributed by atoms with van der Waals surface area (Å²) in [6.07, 6.45) is 8.23. The van der Waals surface area contributed by atoms with Crippen molar-refractivity contribution in [2.45, 2.75) is 58.3 Å². The zero-order chi connectivity index (χ0) is 26.9. The van der Waals surface area contributed by atoms with Gasteiger partial charge in [-0.25, -0.2) is 4.79 Å². The van der Waals surface area contributed by atoms with Gasteiger partial charge in [-0.3, -0.25) is 9.59 Å². The third-order valence-corrected chi connectivity index (χ3v) is 6.52. The van der Waals surface area contributed by atoms with Crippen LogP contribution in [0.2, 0.25) is 0 Å². The van der Waals surface area contributed by atoms with Crippen LogP contribution >= 0.6 is 0 Å². The standard InChI is InChI=1S/C31H32O7/c1-2-3-4-5-6-7-8-13-29(33)37-20-36-22-15-17-26-28(19-22)38-27-18-21(32)14-16-25(27)30(26)23-11-9-10-12-24(23)31(34)35/h9-12,14-19H,2-8,13,20H2,1H3,(H,34,35). The van der Waals surface area contributed by atoms with E-state index >= 15 is 0 Å². The van der Waals surface area contributed by atoms with Crippen LogP contribution in [0.1, 0.15) is 68.6 Å². The molecule has 2 aromatic rings. The lowest BCUT2D eigenvalue weighted by Crippen LogP contribution is -2.10. The molecule has 0 saturated heterocycles. The van der Waals surface area contributed by atoms with Crippen molar-refractivity contribution in [3.05, 3.63) is 76.5 Å². The van der Waals surface area contributed by atoms with E-state index in [1.54, 1.807) is 48.5 Å². The molecular formula is C31H32O7. The van der Waals surface area contributed by atoms with Gasteiger partial charge in [0.1, 0.15) is 17.1 Å². The zero-order valence-corrected chi connectivity index (χ0v) is 21.5. The maximum atomic E-state index is 12.0. The number of aromatic carboxylic acids is 1. The van der Waals surface area contributed by atoms with Gasteiger partial charge in [0.25, 0.3) is 0 Å². The molecule has 0 aromatic heterocycles. The lowest BCUT2D eigenvalue weighted by molar-refractivity contribution is -0.150. The summed E-state index contributed by atoms with van der Waals surface area (Å²) in [5.41, 5.74) is 2.10. The van der Waals surface area contributed by atoms with Gasteiger partial charge in [-0.2, -0.15) is 0 Å². The highest BCUT2D eigenvalue weighted by molar-refractivity contribution is 6.07. The predicted molar refractivity (Wildman–Crippen MR) is 146 cm³/mol. The van der Waals surface area contributed by atoms with E-state index in [1.165, 1.54) is 37.8 Å². The Kier molecular flexibility index (Phi) is 9.14. The lowest BCUT2D eigenvalue weighted by atomic mass is 9.91. The molecule has 7 heteroatoms. The van der Waals surface area contributed by atoms with Gasteiger partial charge in [-0.15, -0.1) is 0 Å². The van der Waals surface area contributed by atoms with Crippen molar-refractivity contribution >= 4 is 22.9 Å². The lowest BCUT2D eigenvalue weighted by Gasteiger charge is -2.17. The fourth-order valence-corrected chi connectivity index (χ4v) is 4.58. The molecule has 2 aliphatic rings. The molecule has 1 aliphatic heterocycles. The number of carbonyl (C=O) groups excluding carboxylic acids is 1. The Bertz CT molecular complexity index is 1440. The zero-order valence-electron chi connectivity index (χ0n) is 21.5. The molecule has 0 radical (unpaired) electrons. The van der Waals surface area contributed by atoms with Gasteiger partial charge >= 0.3 is 11.9 Å². The summed E-state index contributed by atoms with van der Waals surface area (Å²) in [6, 6.07) is 16.3. The van der Waals surface area contributed by atoms with E-state index < -0.39 is 5.97 Å². The Morgan fingerprint density at radius 3 is 2.42 bits per heavy atom. The highest BCUT2D eigenvalue weighted by Crippen LogP contribution is 2.41. The van der Waals surface area contributed by atoms with Crippen molar-refractivity contribution < 1.29 is 28.6 Å². The van der Waals surface area contributed by atoms with E-state index in [1.807, 2.05) is 0 Å². The minimum atomic E-state index is -1.05. The average Bonchev–Trinajstić information content (AvgIpc) is 2.91. The molecule has 0 spiro atoms. The van der Waals surface area contributed by atoms with Crippen molar-refractivity contribution in [2.24, 2.45) is 0 Å². The molecule has 0 amide bonds. The van der Waals surface area contributed by atoms with E-state index in [4.69, 9.17) is 13.9 Å². The van der Waals surface area contributed by atoms with Crippen molar-refractivity contribution in [2.75, 3.05) is 6.79 Å². The van der Waals surface area contributed by atoms with E-state index in [0.29, 0.717) is 45.6 Å². The molecule has 2 aromatic carbocycles. The molecule has 0 atom stereocenters. The summed E-state index contributed by atoms with van der Waals surface area (Å²) >= 11 is 0. The maximum absolute atomic E-state index is 12.0. The van der Waals surface area contributed by atoms with E-state index in [2.05, 4.69) is 6.92 Å². The van der Waals surface area contributed by atoms with Gasteiger partial charge < -0.3 is 19.0 Å². The van der Waals surface area contributed by atoms with Crippen LogP contribution in [0.15, 0.2) is 69.9 Å². The van der Waals surface area contributed by atoms with E-state index in [-0.39, 0.29) is 23.8 Å². The summed E-state index contributed by atoms with van der Waals surface area (Å²) < 4.78 is 16.9. The van der Waals surface area contributed by atoms with Crippen molar-refractivity contribution in [1.29, 1.82) is 0 Å². The highest BCUT2D eigenvalue weighted by Gasteiger charge is 2.21. The number of carboxylic acids is 1. The number of hydrogen-bond acceptors (Lipinski definition) is 6. The van der Waals surface area contributed by atoms with Crippen LogP contribution in [0, 0.1) is 0 Å². The van der Waals surface area contributed by atoms with Gasteiger partial charge in [0.05, 0.1) is 5.56 Å². The fourth-order valence-electron chi connectivity index (χ4n) is 4.58. The largest absolute Gasteiger partial charge is 0.478 e. The van der Waals surface area contributed by atoms with Crippen LogP contribution in [0.4, 0.5) is 0 Å². The first-order valence-corrected chi connectivity index (χ1v) is 13.1. The van der Waals surface area contributed by atoms with Crippen LogP contribution in [0.3, 0.4) is 0 Å². The number of unbranched alkanes of at least 4 members (excludes halogenated alkanes) is 6. The quantitative estimate of drug-likeness (QED) is 0.0861. The Hall–Kier alpha value is -4.13. The van der Waals surface area contributed by atoms with Crippen LogP contribution in [-0.4, -0.2) is 23.8 Å². The number of carbonyl (C=O) groups is 2. The average molecular weight is 517 g/mol. The minimum absolute atomic E-state index is 0.140. The molecule has 0 unspecified atom stereocenters. The van der Waals surface area contributed by atoms with Gasteiger partial charge in [-0.05, 0) is 42.3 Å². The van der Waals surface area contributed by atoms with Crippen molar-refractivity contribution in [1.82, 2.24) is 0 Å². The molecule has 198 valence electrons. The summed E-state index contributed by atoms with van der Waals surface area (Å²) in [6.45, 7) is 1.96. The Morgan fingerprint density at radius 2 is 1.63 bits per heavy atom. The van der Waals surface area contributed by atoms with E-state index in [0.717, 1.165) is 19.3 Å². The number of ether oxygens (including phenoxy) is 2. The number of carboxylic acid groups (broad SMARTS) is 1. The van der Waals surface area contributed by atoms with Crippen LogP contribution in [0.5, 0.6) is 5.75 Å². The van der Waals surface area contributed by atoms with Crippen molar-refractivity contribution in [3.8, 4) is 28.2 Å². The fraction of sp³-hybridized carbons (Fsp3) is 0.323. The number of fused-ring (bicyclic) bond motifs is 2. The molecule has 0 saturated carbocycles. The van der Waals surface area contributed by atoms with Gasteiger partial charge in [-0.1, -0.05) is 63.6 Å². The highest BCUT2D eigenvalue weighted by atomic mass is 16.7. The van der Waals surface area contributed by atoms with E-state index in [9.17, 15) is 19.5 Å². The number of rotatable bonds is 13. The topological polar surface area (TPSA) is 103 Å². The monoisotopic (exact) mass is 516 g/mol. The first-order chi connectivity index (χ1) is 18.5. The molecule has 1 heterocycles. The molecular weight excluding hydrogens is 484 g/mol. The van der Waals surface area contributed by atoms with Crippen LogP contribution in [-0.2, 0) is 9.53 Å². The second-order valence-electron chi connectivity index (χ2n) is 9.29. The first-order valence-electron chi connectivity index (χ1n) is 13.1. The Labute approximate surface area is 221 Å². The third kappa shape index (κ3) is 6.59. The Balaban J connectivity index is 1.50. The minimum Gasteiger partial charge on any atom is -0.478 e. The van der Waals surface area contributed by atoms with Crippen LogP contribution < -0.4 is 10.2 Å². The summed E-state index contributed by atoms with van der Waals surface area (Å²) in [5, 5.41) is 10.4.